The number of nitrogens with zero attached hydrogens (tertiary/aromatic N) is 3. The minimum absolute atomic E-state index is 0.0435. The quantitative estimate of drug-likeness (QED) is 0.254. The van der Waals surface area contributed by atoms with E-state index in [2.05, 4.69) is 9.35 Å². The molecule has 0 aliphatic carbocycles. The summed E-state index contributed by atoms with van der Waals surface area (Å²) in [5, 5.41) is 0. The number of benzene rings is 3. The maximum Gasteiger partial charge on any atom is 0.442 e. The van der Waals surface area contributed by atoms with Crippen molar-refractivity contribution in [3.8, 4) is 5.88 Å². The van der Waals surface area contributed by atoms with Gasteiger partial charge in [-0.2, -0.15) is 0 Å². The van der Waals surface area contributed by atoms with Crippen LogP contribution in [0.4, 0.5) is 10.5 Å². The van der Waals surface area contributed by atoms with Gasteiger partial charge in [0.25, 0.3) is 0 Å². The third kappa shape index (κ3) is 8.12. The Morgan fingerprint density at radius 3 is 2.08 bits per heavy atom. The smallest absolute Gasteiger partial charge is 0.442 e. The number of carbonyl (C=O) groups is 1. The number of aliphatic imine (C=N–C) groups is 1. The van der Waals surface area contributed by atoms with E-state index in [0.717, 1.165) is 22.4 Å². The monoisotopic (exact) mass is 513 g/mol. The summed E-state index contributed by atoms with van der Waals surface area (Å²) in [5.74, 6) is 0.380. The van der Waals surface area contributed by atoms with Gasteiger partial charge in [-0.15, -0.1) is 4.36 Å². The molecule has 0 aliphatic heterocycles. The Hall–Kier alpha value is -4.30. The molecule has 0 saturated heterocycles. The average molecular weight is 514 g/mol. The molecule has 1 amide bonds. The van der Waals surface area contributed by atoms with Gasteiger partial charge < -0.3 is 9.47 Å². The third-order valence-electron chi connectivity index (χ3n) is 5.24. The minimum atomic E-state index is -2.84. The lowest BCUT2D eigenvalue weighted by atomic mass is 10.0. The summed E-state index contributed by atoms with van der Waals surface area (Å²) in [5.41, 5.74) is 4.29. The number of rotatable bonds is 9. The van der Waals surface area contributed by atoms with Gasteiger partial charge in [-0.05, 0) is 11.6 Å². The van der Waals surface area contributed by atoms with Crippen LogP contribution in [0.25, 0.3) is 0 Å². The van der Waals surface area contributed by atoms with Crippen molar-refractivity contribution in [1.29, 1.82) is 0 Å². The van der Waals surface area contributed by atoms with Gasteiger partial charge in [0, 0.05) is 29.6 Å². The number of carbonyl (C=O) groups excluding carboxylic acids is 1. The maximum atomic E-state index is 12.7. The topological polar surface area (TPSA) is 90.2 Å². The third-order valence-corrected chi connectivity index (χ3v) is 6.70. The van der Waals surface area contributed by atoms with Crippen molar-refractivity contribution in [3.63, 3.8) is 0 Å². The van der Waals surface area contributed by atoms with E-state index in [0.29, 0.717) is 11.6 Å². The van der Waals surface area contributed by atoms with Crippen LogP contribution in [0.1, 0.15) is 16.7 Å². The minimum Gasteiger partial charge on any atom is -0.477 e. The second kappa shape index (κ2) is 12.6. The largest absolute Gasteiger partial charge is 0.477 e. The van der Waals surface area contributed by atoms with Gasteiger partial charge in [0.05, 0.1) is 26.9 Å². The van der Waals surface area contributed by atoms with Gasteiger partial charge in [0.15, 0.2) is 0 Å². The van der Waals surface area contributed by atoms with Crippen LogP contribution >= 0.6 is 0 Å². The van der Waals surface area contributed by atoms with Crippen molar-refractivity contribution < 1.29 is 18.5 Å². The molecule has 1 unspecified atom stereocenters. The zero-order valence-corrected chi connectivity index (χ0v) is 21.2. The Morgan fingerprint density at radius 1 is 0.865 bits per heavy atom. The SMILES string of the molecule is CS(=O)(CCOc1cc(N=C(c2ccccc2)c2ccccc2)ccn1)=NC(=O)OCc1ccccc1. The molecule has 3 aromatic carbocycles. The lowest BCUT2D eigenvalue weighted by molar-refractivity contribution is 0.151. The Labute approximate surface area is 217 Å². The van der Waals surface area contributed by atoms with Gasteiger partial charge in [0.1, 0.15) is 13.2 Å². The molecular weight excluding hydrogens is 486 g/mol. The first-order valence-electron chi connectivity index (χ1n) is 11.7. The molecule has 1 atom stereocenters. The van der Waals surface area contributed by atoms with Gasteiger partial charge >= 0.3 is 6.09 Å². The first kappa shape index (κ1) is 25.8. The van der Waals surface area contributed by atoms with E-state index in [1.165, 1.54) is 6.26 Å². The zero-order chi connectivity index (χ0) is 25.9. The molecule has 4 aromatic rings. The molecule has 188 valence electrons. The summed E-state index contributed by atoms with van der Waals surface area (Å²) in [6.07, 6.45) is 2.15. The molecule has 1 heterocycles. The fourth-order valence-electron chi connectivity index (χ4n) is 3.41. The summed E-state index contributed by atoms with van der Waals surface area (Å²) >= 11 is 0. The summed E-state index contributed by atoms with van der Waals surface area (Å²) < 4.78 is 27.3. The van der Waals surface area contributed by atoms with Crippen molar-refractivity contribution in [2.24, 2.45) is 9.36 Å². The first-order chi connectivity index (χ1) is 18.0. The van der Waals surface area contributed by atoms with Crippen LogP contribution in [0.3, 0.4) is 0 Å². The van der Waals surface area contributed by atoms with E-state index in [1.807, 2.05) is 91.0 Å². The number of aromatic nitrogens is 1. The van der Waals surface area contributed by atoms with Gasteiger partial charge in [0.2, 0.25) is 5.88 Å². The lowest BCUT2D eigenvalue weighted by Gasteiger charge is -2.09. The average Bonchev–Trinajstić information content (AvgIpc) is 2.92. The number of hydrogen-bond donors (Lipinski definition) is 0. The second-order valence-electron chi connectivity index (χ2n) is 8.19. The van der Waals surface area contributed by atoms with E-state index >= 15 is 0 Å². The van der Waals surface area contributed by atoms with Crippen molar-refractivity contribution in [2.75, 3.05) is 18.6 Å². The van der Waals surface area contributed by atoms with Crippen LogP contribution < -0.4 is 4.74 Å². The predicted octanol–water partition coefficient (Wildman–Crippen LogP) is 6.06. The fourth-order valence-corrected chi connectivity index (χ4v) is 4.27. The van der Waals surface area contributed by atoms with E-state index in [1.54, 1.807) is 18.3 Å². The van der Waals surface area contributed by atoms with Crippen LogP contribution in [0.2, 0.25) is 0 Å². The molecular formula is C29H27N3O4S. The van der Waals surface area contributed by atoms with Crippen molar-refractivity contribution in [2.45, 2.75) is 6.61 Å². The van der Waals surface area contributed by atoms with Gasteiger partial charge in [-0.25, -0.2) is 19.0 Å². The molecule has 0 aliphatic rings. The molecule has 0 spiro atoms. The highest BCUT2D eigenvalue weighted by molar-refractivity contribution is 7.93. The molecule has 0 bridgehead atoms. The van der Waals surface area contributed by atoms with E-state index in [9.17, 15) is 9.00 Å². The first-order valence-corrected chi connectivity index (χ1v) is 13.8. The van der Waals surface area contributed by atoms with Gasteiger partial charge in [-0.1, -0.05) is 91.0 Å². The Morgan fingerprint density at radius 2 is 1.46 bits per heavy atom. The maximum absolute atomic E-state index is 12.7. The van der Waals surface area contributed by atoms with Crippen LogP contribution in [0, 0.1) is 0 Å². The Kier molecular flexibility index (Phi) is 8.78. The Balaban J connectivity index is 1.41. The molecule has 1 aromatic heterocycles. The summed E-state index contributed by atoms with van der Waals surface area (Å²) in [7, 11) is -2.84. The lowest BCUT2D eigenvalue weighted by Crippen LogP contribution is -2.15. The molecule has 0 N–H and O–H groups in total. The molecule has 0 radical (unpaired) electrons. The number of ether oxygens (including phenoxy) is 2. The molecule has 0 fully saturated rings. The van der Waals surface area contributed by atoms with Crippen LogP contribution in [0.15, 0.2) is 119 Å². The fraction of sp³-hybridized carbons (Fsp3) is 0.138. The van der Waals surface area contributed by atoms with E-state index in [-0.39, 0.29) is 19.0 Å². The highest BCUT2D eigenvalue weighted by Crippen LogP contribution is 2.21. The molecule has 4 rings (SSSR count). The van der Waals surface area contributed by atoms with E-state index in [4.69, 9.17) is 14.5 Å². The highest BCUT2D eigenvalue weighted by atomic mass is 32.2. The number of hydrogen-bond acceptors (Lipinski definition) is 6. The van der Waals surface area contributed by atoms with Crippen LogP contribution in [-0.2, 0) is 21.1 Å². The molecule has 0 saturated carbocycles. The van der Waals surface area contributed by atoms with Crippen LogP contribution in [0.5, 0.6) is 5.88 Å². The van der Waals surface area contributed by atoms with Crippen LogP contribution in [-0.4, -0.2) is 39.6 Å². The standard InChI is InChI=1S/C29H27N3O4S/c1-37(34,32-29(33)36-22-23-11-5-2-6-12-23)20-19-35-27-21-26(17-18-30-27)31-28(24-13-7-3-8-14-24)25-15-9-4-10-16-25/h2-18,21H,19-20,22H2,1H3. The summed E-state index contributed by atoms with van der Waals surface area (Å²) in [6.45, 7) is 0.134. The summed E-state index contributed by atoms with van der Waals surface area (Å²) in [4.78, 5) is 21.1. The molecule has 37 heavy (non-hydrogen) atoms. The number of pyridine rings is 1. The molecule has 7 nitrogen and oxygen atoms in total. The Bertz CT molecular complexity index is 1430. The number of amides is 1. The van der Waals surface area contributed by atoms with Crippen molar-refractivity contribution in [3.05, 3.63) is 126 Å². The highest BCUT2D eigenvalue weighted by Gasteiger charge is 2.10. The van der Waals surface area contributed by atoms with Crippen molar-refractivity contribution >= 4 is 27.2 Å². The van der Waals surface area contributed by atoms with Crippen molar-refractivity contribution in [1.82, 2.24) is 4.98 Å². The summed E-state index contributed by atoms with van der Waals surface area (Å²) in [6, 6.07) is 32.6. The molecule has 8 heteroatoms. The zero-order valence-electron chi connectivity index (χ0n) is 20.4. The second-order valence-corrected chi connectivity index (χ2v) is 10.7. The predicted molar refractivity (Wildman–Crippen MR) is 146 cm³/mol. The van der Waals surface area contributed by atoms with Gasteiger partial charge in [-0.3, -0.25) is 0 Å². The normalized spacial score (nSPS) is 12.1. The van der Waals surface area contributed by atoms with E-state index < -0.39 is 15.8 Å².